The van der Waals surface area contributed by atoms with Gasteiger partial charge in [-0.3, -0.25) is 14.5 Å². The lowest BCUT2D eigenvalue weighted by Gasteiger charge is -2.25. The van der Waals surface area contributed by atoms with Crippen molar-refractivity contribution in [3.8, 4) is 0 Å². The first-order valence-electron chi connectivity index (χ1n) is 6.70. The van der Waals surface area contributed by atoms with Crippen molar-refractivity contribution < 1.29 is 14.3 Å². The van der Waals surface area contributed by atoms with Gasteiger partial charge in [-0.25, -0.2) is 0 Å². The summed E-state index contributed by atoms with van der Waals surface area (Å²) in [4.78, 5) is 25.5. The molecule has 5 nitrogen and oxygen atoms in total. The maximum Gasteiger partial charge on any atom is 0.310 e. The Morgan fingerprint density at radius 2 is 2.22 bits per heavy atom. The van der Waals surface area contributed by atoms with Gasteiger partial charge in [-0.1, -0.05) is 6.92 Å². The Bertz CT molecular complexity index is 332. The first kappa shape index (κ1) is 13.3. The van der Waals surface area contributed by atoms with Crippen LogP contribution in [-0.4, -0.2) is 49.6 Å². The molecule has 0 saturated carbocycles. The predicted molar refractivity (Wildman–Crippen MR) is 66.9 cm³/mol. The van der Waals surface area contributed by atoms with Gasteiger partial charge in [0.15, 0.2) is 0 Å². The van der Waals surface area contributed by atoms with Gasteiger partial charge < -0.3 is 10.1 Å². The minimum Gasteiger partial charge on any atom is -0.469 e. The molecule has 0 aliphatic carbocycles. The molecule has 3 unspecified atom stereocenters. The van der Waals surface area contributed by atoms with Crippen LogP contribution in [0.5, 0.6) is 0 Å². The zero-order valence-electron chi connectivity index (χ0n) is 11.1. The average Bonchev–Trinajstić information content (AvgIpc) is 2.60. The van der Waals surface area contributed by atoms with Crippen molar-refractivity contribution in [2.75, 3.05) is 26.7 Å². The number of nitrogens with zero attached hydrogens (tertiary/aromatic N) is 1. The molecule has 0 aromatic heterocycles. The molecule has 0 aromatic rings. The van der Waals surface area contributed by atoms with Crippen LogP contribution in [0.15, 0.2) is 0 Å². The molecule has 3 atom stereocenters. The van der Waals surface area contributed by atoms with Crippen LogP contribution in [0.1, 0.15) is 26.2 Å². The van der Waals surface area contributed by atoms with Crippen LogP contribution < -0.4 is 5.32 Å². The largest absolute Gasteiger partial charge is 0.469 e. The fourth-order valence-corrected chi connectivity index (χ4v) is 3.03. The van der Waals surface area contributed by atoms with E-state index in [0.717, 1.165) is 32.5 Å². The molecule has 2 saturated heterocycles. The normalized spacial score (nSPS) is 33.9. The van der Waals surface area contributed by atoms with E-state index in [0.29, 0.717) is 12.3 Å². The van der Waals surface area contributed by atoms with Crippen molar-refractivity contribution in [3.63, 3.8) is 0 Å². The number of amides is 1. The van der Waals surface area contributed by atoms with Gasteiger partial charge in [0, 0.05) is 32.1 Å². The smallest absolute Gasteiger partial charge is 0.310 e. The monoisotopic (exact) mass is 254 g/mol. The number of nitrogens with one attached hydrogen (secondary N) is 1. The quantitative estimate of drug-likeness (QED) is 0.725. The van der Waals surface area contributed by atoms with Crippen molar-refractivity contribution in [2.24, 2.45) is 11.8 Å². The summed E-state index contributed by atoms with van der Waals surface area (Å²) in [6.07, 6.45) is 2.60. The van der Waals surface area contributed by atoms with Crippen LogP contribution in [0.25, 0.3) is 0 Å². The van der Waals surface area contributed by atoms with E-state index in [9.17, 15) is 9.59 Å². The molecule has 2 heterocycles. The number of carbonyl (C=O) groups is 2. The van der Waals surface area contributed by atoms with E-state index in [4.69, 9.17) is 4.74 Å². The molecule has 0 radical (unpaired) electrons. The standard InChI is InChI=1S/C13H22N2O3/c1-9-7-15(8-11(9)13(17)18-2)10-4-3-5-14-12(16)6-10/h9-11H,3-8H2,1-2H3,(H,14,16). The van der Waals surface area contributed by atoms with Crippen molar-refractivity contribution in [1.29, 1.82) is 0 Å². The minimum atomic E-state index is -0.122. The molecule has 0 spiro atoms. The minimum absolute atomic E-state index is 0.0404. The Balaban J connectivity index is 1.98. The van der Waals surface area contributed by atoms with Crippen molar-refractivity contribution in [3.05, 3.63) is 0 Å². The predicted octanol–water partition coefficient (Wildman–Crippen LogP) is 0.396. The number of esters is 1. The number of methoxy groups -OCH3 is 1. The van der Waals surface area contributed by atoms with Crippen LogP contribution in [0, 0.1) is 11.8 Å². The van der Waals surface area contributed by atoms with Gasteiger partial charge in [0.1, 0.15) is 0 Å². The molecule has 5 heteroatoms. The van der Waals surface area contributed by atoms with Crippen molar-refractivity contribution in [2.45, 2.75) is 32.2 Å². The van der Waals surface area contributed by atoms with E-state index in [-0.39, 0.29) is 23.8 Å². The molecule has 2 fully saturated rings. The van der Waals surface area contributed by atoms with E-state index in [2.05, 4.69) is 17.1 Å². The molecule has 2 rings (SSSR count). The number of hydrogen-bond acceptors (Lipinski definition) is 4. The number of rotatable bonds is 2. The molecule has 102 valence electrons. The topological polar surface area (TPSA) is 58.6 Å². The van der Waals surface area contributed by atoms with Gasteiger partial charge in [0.05, 0.1) is 13.0 Å². The van der Waals surface area contributed by atoms with E-state index in [1.54, 1.807) is 0 Å². The summed E-state index contributed by atoms with van der Waals surface area (Å²) in [5, 5.41) is 2.90. The summed E-state index contributed by atoms with van der Waals surface area (Å²) < 4.78 is 4.84. The maximum absolute atomic E-state index is 11.7. The van der Waals surface area contributed by atoms with E-state index in [1.165, 1.54) is 7.11 Å². The van der Waals surface area contributed by atoms with Gasteiger partial charge in [-0.15, -0.1) is 0 Å². The Kier molecular flexibility index (Phi) is 4.22. The van der Waals surface area contributed by atoms with Crippen molar-refractivity contribution >= 4 is 11.9 Å². The Morgan fingerprint density at radius 1 is 1.44 bits per heavy atom. The summed E-state index contributed by atoms with van der Waals surface area (Å²) in [7, 11) is 1.44. The fourth-order valence-electron chi connectivity index (χ4n) is 3.03. The van der Waals surface area contributed by atoms with Gasteiger partial charge >= 0.3 is 5.97 Å². The first-order valence-corrected chi connectivity index (χ1v) is 6.70. The molecule has 1 amide bonds. The second kappa shape index (κ2) is 5.69. The first-order chi connectivity index (χ1) is 8.61. The number of ether oxygens (including phenoxy) is 1. The molecular weight excluding hydrogens is 232 g/mol. The van der Waals surface area contributed by atoms with Gasteiger partial charge in [-0.2, -0.15) is 0 Å². The molecule has 1 N–H and O–H groups in total. The summed E-state index contributed by atoms with van der Waals surface area (Å²) in [6.45, 7) is 4.47. The molecule has 18 heavy (non-hydrogen) atoms. The lowest BCUT2D eigenvalue weighted by molar-refractivity contribution is -0.146. The Hall–Kier alpha value is -1.10. The van der Waals surface area contributed by atoms with Gasteiger partial charge in [-0.05, 0) is 18.8 Å². The molecule has 2 aliphatic rings. The van der Waals surface area contributed by atoms with Crippen LogP contribution in [-0.2, 0) is 14.3 Å². The van der Waals surface area contributed by atoms with Gasteiger partial charge in [0.2, 0.25) is 5.91 Å². The SMILES string of the molecule is COC(=O)C1CN(C2CCCNC(=O)C2)CC1C. The highest BCUT2D eigenvalue weighted by atomic mass is 16.5. The highest BCUT2D eigenvalue weighted by molar-refractivity contribution is 5.77. The third-order valence-electron chi connectivity index (χ3n) is 4.12. The van der Waals surface area contributed by atoms with Crippen LogP contribution in [0.2, 0.25) is 0 Å². The number of carbonyl (C=O) groups excluding carboxylic acids is 2. The zero-order valence-corrected chi connectivity index (χ0v) is 11.1. The lowest BCUT2D eigenvalue weighted by Crippen LogP contribution is -2.36. The van der Waals surface area contributed by atoms with Gasteiger partial charge in [0.25, 0.3) is 0 Å². The average molecular weight is 254 g/mol. The summed E-state index contributed by atoms with van der Waals surface area (Å²) in [5.41, 5.74) is 0. The lowest BCUT2D eigenvalue weighted by atomic mass is 9.99. The summed E-state index contributed by atoms with van der Waals surface area (Å²) >= 11 is 0. The maximum atomic E-state index is 11.7. The highest BCUT2D eigenvalue weighted by Gasteiger charge is 2.38. The molecule has 0 bridgehead atoms. The summed E-state index contributed by atoms with van der Waals surface area (Å²) in [6, 6.07) is 0.282. The van der Waals surface area contributed by atoms with E-state index < -0.39 is 0 Å². The number of likely N-dealkylation sites (tertiary alicyclic amines) is 1. The van der Waals surface area contributed by atoms with E-state index in [1.807, 2.05) is 0 Å². The third kappa shape index (κ3) is 2.83. The molecule has 0 aromatic carbocycles. The molecular formula is C13H22N2O3. The van der Waals surface area contributed by atoms with Crippen LogP contribution in [0.4, 0.5) is 0 Å². The van der Waals surface area contributed by atoms with Crippen LogP contribution in [0.3, 0.4) is 0 Å². The van der Waals surface area contributed by atoms with Crippen LogP contribution >= 0.6 is 0 Å². The molecule has 2 aliphatic heterocycles. The second-order valence-corrected chi connectivity index (χ2v) is 5.41. The Labute approximate surface area is 108 Å². The third-order valence-corrected chi connectivity index (χ3v) is 4.12. The number of hydrogen-bond donors (Lipinski definition) is 1. The Morgan fingerprint density at radius 3 is 2.94 bits per heavy atom. The zero-order chi connectivity index (χ0) is 13.1. The highest BCUT2D eigenvalue weighted by Crippen LogP contribution is 2.28. The van der Waals surface area contributed by atoms with Crippen molar-refractivity contribution in [1.82, 2.24) is 10.2 Å². The second-order valence-electron chi connectivity index (χ2n) is 5.41. The summed E-state index contributed by atoms with van der Waals surface area (Å²) in [5.74, 6) is 0.278. The fraction of sp³-hybridized carbons (Fsp3) is 0.846. The van der Waals surface area contributed by atoms with E-state index >= 15 is 0 Å².